The molecule has 1 atom stereocenters. The first-order chi connectivity index (χ1) is 8.29. The van der Waals surface area contributed by atoms with E-state index in [-0.39, 0.29) is 6.10 Å². The summed E-state index contributed by atoms with van der Waals surface area (Å²) in [6.45, 7) is 8.55. The summed E-state index contributed by atoms with van der Waals surface area (Å²) in [5.41, 5.74) is 0. The number of rotatable bonds is 7. The number of hydrogen-bond acceptors (Lipinski definition) is 4. The van der Waals surface area contributed by atoms with Crippen molar-refractivity contribution in [2.75, 3.05) is 45.9 Å². The normalized spacial score (nSPS) is 24.2. The molecule has 2 fully saturated rings. The van der Waals surface area contributed by atoms with Crippen LogP contribution in [0.3, 0.4) is 0 Å². The highest BCUT2D eigenvalue weighted by atomic mass is 16.5. The van der Waals surface area contributed by atoms with Gasteiger partial charge in [0.1, 0.15) is 0 Å². The van der Waals surface area contributed by atoms with Gasteiger partial charge in [0.05, 0.1) is 19.3 Å². The molecule has 0 aromatic carbocycles. The Kier molecular flexibility index (Phi) is 5.22. The molecule has 2 rings (SSSR count). The van der Waals surface area contributed by atoms with Gasteiger partial charge in [0.2, 0.25) is 0 Å². The summed E-state index contributed by atoms with van der Waals surface area (Å²) >= 11 is 0. The van der Waals surface area contributed by atoms with Gasteiger partial charge in [-0.05, 0) is 25.8 Å². The van der Waals surface area contributed by atoms with Crippen molar-refractivity contribution in [3.05, 3.63) is 0 Å². The Bertz CT molecular complexity index is 215. The first-order valence-corrected chi connectivity index (χ1v) is 7.01. The van der Waals surface area contributed by atoms with Gasteiger partial charge in [-0.3, -0.25) is 9.80 Å². The van der Waals surface area contributed by atoms with Crippen molar-refractivity contribution in [1.29, 1.82) is 0 Å². The molecule has 0 spiro atoms. The summed E-state index contributed by atoms with van der Waals surface area (Å²) in [4.78, 5) is 4.77. The number of β-amino-alcohol motifs (C(OH)–C–C–N with tert-alkyl or cyclic N) is 1. The van der Waals surface area contributed by atoms with Gasteiger partial charge in [0, 0.05) is 32.2 Å². The molecule has 0 aromatic heterocycles. The van der Waals surface area contributed by atoms with Gasteiger partial charge in [0.25, 0.3) is 0 Å². The van der Waals surface area contributed by atoms with E-state index < -0.39 is 0 Å². The second kappa shape index (κ2) is 6.69. The number of ether oxygens (including phenoxy) is 1. The molecule has 0 bridgehead atoms. The second-order valence-corrected chi connectivity index (χ2v) is 5.29. The van der Waals surface area contributed by atoms with Crippen molar-refractivity contribution < 1.29 is 9.84 Å². The van der Waals surface area contributed by atoms with Crippen LogP contribution in [-0.2, 0) is 4.74 Å². The van der Waals surface area contributed by atoms with Gasteiger partial charge in [-0.25, -0.2) is 0 Å². The number of aliphatic hydroxyl groups is 1. The van der Waals surface area contributed by atoms with Crippen molar-refractivity contribution in [2.45, 2.75) is 38.3 Å². The molecule has 4 nitrogen and oxygen atoms in total. The number of aliphatic hydroxyl groups excluding tert-OH is 1. The first kappa shape index (κ1) is 13.3. The maximum Gasteiger partial charge on any atom is 0.0793 e. The molecule has 1 heterocycles. The molecule has 0 amide bonds. The van der Waals surface area contributed by atoms with Gasteiger partial charge >= 0.3 is 0 Å². The Morgan fingerprint density at radius 2 is 2.06 bits per heavy atom. The Hall–Kier alpha value is -0.160. The Morgan fingerprint density at radius 1 is 1.35 bits per heavy atom. The van der Waals surface area contributed by atoms with E-state index in [1.807, 2.05) is 0 Å². The van der Waals surface area contributed by atoms with Crippen LogP contribution in [-0.4, -0.2) is 73.0 Å². The second-order valence-electron chi connectivity index (χ2n) is 5.29. The standard InChI is InChI=1S/C13H26N2O2/c1-2-5-15(12-3-4-12)11-13(16)10-14-6-8-17-9-7-14/h12-13,16H,2-11H2,1H3. The number of hydrogen-bond donors (Lipinski definition) is 1. The number of morpholine rings is 1. The number of nitrogens with zero attached hydrogens (tertiary/aromatic N) is 2. The fourth-order valence-electron chi connectivity index (χ4n) is 2.56. The van der Waals surface area contributed by atoms with E-state index in [1.54, 1.807) is 0 Å². The molecule has 0 aromatic rings. The van der Waals surface area contributed by atoms with E-state index in [0.29, 0.717) is 0 Å². The summed E-state index contributed by atoms with van der Waals surface area (Å²) < 4.78 is 5.32. The first-order valence-electron chi connectivity index (χ1n) is 7.01. The van der Waals surface area contributed by atoms with E-state index in [0.717, 1.165) is 52.0 Å². The minimum atomic E-state index is -0.208. The molecule has 2 aliphatic rings. The summed E-state index contributed by atoms with van der Waals surface area (Å²) in [7, 11) is 0. The average molecular weight is 242 g/mol. The third-order valence-corrected chi connectivity index (χ3v) is 3.59. The van der Waals surface area contributed by atoms with E-state index in [4.69, 9.17) is 4.74 Å². The van der Waals surface area contributed by atoms with Crippen LogP contribution < -0.4 is 0 Å². The molecule has 1 aliphatic carbocycles. The molecular weight excluding hydrogens is 216 g/mol. The van der Waals surface area contributed by atoms with Gasteiger partial charge < -0.3 is 9.84 Å². The van der Waals surface area contributed by atoms with Crippen molar-refractivity contribution in [3.8, 4) is 0 Å². The lowest BCUT2D eigenvalue weighted by molar-refractivity contribution is 0.00623. The van der Waals surface area contributed by atoms with Crippen LogP contribution >= 0.6 is 0 Å². The fourth-order valence-corrected chi connectivity index (χ4v) is 2.56. The summed E-state index contributed by atoms with van der Waals surface area (Å²) in [5, 5.41) is 10.2. The average Bonchev–Trinajstić information content (AvgIpc) is 3.13. The van der Waals surface area contributed by atoms with Crippen molar-refractivity contribution >= 4 is 0 Å². The van der Waals surface area contributed by atoms with Crippen LogP contribution in [0.5, 0.6) is 0 Å². The summed E-state index contributed by atoms with van der Waals surface area (Å²) in [5.74, 6) is 0. The lowest BCUT2D eigenvalue weighted by Gasteiger charge is -2.31. The largest absolute Gasteiger partial charge is 0.390 e. The maximum absolute atomic E-state index is 10.2. The predicted octanol–water partition coefficient (Wildman–Crippen LogP) is 0.554. The molecule has 1 unspecified atom stereocenters. The minimum Gasteiger partial charge on any atom is -0.390 e. The van der Waals surface area contributed by atoms with Gasteiger partial charge in [-0.2, -0.15) is 0 Å². The monoisotopic (exact) mass is 242 g/mol. The molecule has 1 N–H and O–H groups in total. The van der Waals surface area contributed by atoms with Crippen LogP contribution in [0.25, 0.3) is 0 Å². The smallest absolute Gasteiger partial charge is 0.0793 e. The van der Waals surface area contributed by atoms with Crippen LogP contribution in [0.2, 0.25) is 0 Å². The van der Waals surface area contributed by atoms with Gasteiger partial charge in [-0.15, -0.1) is 0 Å². The SMILES string of the molecule is CCCN(CC(O)CN1CCOCC1)C1CC1. The fraction of sp³-hybridized carbons (Fsp3) is 1.00. The molecular formula is C13H26N2O2. The maximum atomic E-state index is 10.2. The van der Waals surface area contributed by atoms with E-state index in [2.05, 4.69) is 16.7 Å². The third-order valence-electron chi connectivity index (χ3n) is 3.59. The zero-order valence-corrected chi connectivity index (χ0v) is 11.0. The van der Waals surface area contributed by atoms with Crippen molar-refractivity contribution in [1.82, 2.24) is 9.80 Å². The highest BCUT2D eigenvalue weighted by Gasteiger charge is 2.29. The Balaban J connectivity index is 1.68. The van der Waals surface area contributed by atoms with E-state index >= 15 is 0 Å². The predicted molar refractivity (Wildman–Crippen MR) is 68.2 cm³/mol. The molecule has 0 radical (unpaired) electrons. The molecule has 17 heavy (non-hydrogen) atoms. The molecule has 4 heteroatoms. The van der Waals surface area contributed by atoms with E-state index in [1.165, 1.54) is 19.3 Å². The highest BCUT2D eigenvalue weighted by molar-refractivity contribution is 4.86. The van der Waals surface area contributed by atoms with Crippen molar-refractivity contribution in [3.63, 3.8) is 0 Å². The van der Waals surface area contributed by atoms with Crippen LogP contribution in [0.4, 0.5) is 0 Å². The van der Waals surface area contributed by atoms with Crippen LogP contribution in [0, 0.1) is 0 Å². The molecule has 100 valence electrons. The Morgan fingerprint density at radius 3 is 2.65 bits per heavy atom. The quantitative estimate of drug-likeness (QED) is 0.707. The summed E-state index contributed by atoms with van der Waals surface area (Å²) in [6, 6.07) is 0.759. The highest BCUT2D eigenvalue weighted by Crippen LogP contribution is 2.27. The lowest BCUT2D eigenvalue weighted by Crippen LogP contribution is -2.45. The molecule has 1 aliphatic heterocycles. The van der Waals surface area contributed by atoms with Gasteiger partial charge in [-0.1, -0.05) is 6.92 Å². The minimum absolute atomic E-state index is 0.208. The third kappa shape index (κ3) is 4.54. The zero-order chi connectivity index (χ0) is 12.1. The van der Waals surface area contributed by atoms with Crippen LogP contribution in [0.1, 0.15) is 26.2 Å². The van der Waals surface area contributed by atoms with Gasteiger partial charge in [0.15, 0.2) is 0 Å². The zero-order valence-electron chi connectivity index (χ0n) is 11.0. The molecule has 1 saturated carbocycles. The van der Waals surface area contributed by atoms with E-state index in [9.17, 15) is 5.11 Å². The topological polar surface area (TPSA) is 35.9 Å². The summed E-state index contributed by atoms with van der Waals surface area (Å²) in [6.07, 6.45) is 3.62. The van der Waals surface area contributed by atoms with Crippen molar-refractivity contribution in [2.24, 2.45) is 0 Å². The Labute approximate surface area is 105 Å². The van der Waals surface area contributed by atoms with Crippen LogP contribution in [0.15, 0.2) is 0 Å². The molecule has 1 saturated heterocycles. The lowest BCUT2D eigenvalue weighted by atomic mass is 10.2.